The van der Waals surface area contributed by atoms with Crippen molar-refractivity contribution in [3.8, 4) is 17.0 Å². The molecule has 1 aliphatic heterocycles. The number of methoxy groups -OCH3 is 1. The summed E-state index contributed by atoms with van der Waals surface area (Å²) in [6, 6.07) is 4.48. The van der Waals surface area contributed by atoms with Crippen molar-refractivity contribution in [2.24, 2.45) is 0 Å². The van der Waals surface area contributed by atoms with Crippen LogP contribution in [0.2, 0.25) is 0 Å². The molecular formula is C22H24F4N8O. The minimum absolute atomic E-state index is 0.227. The molecule has 1 N–H and O–H groups in total. The number of fused-ring (bicyclic) bond motifs is 2. The molecule has 9 nitrogen and oxygen atoms in total. The zero-order chi connectivity index (χ0) is 24.9. The minimum atomic E-state index is -4.47. The molecule has 0 aliphatic carbocycles. The van der Waals surface area contributed by atoms with E-state index in [9.17, 15) is 17.6 Å². The van der Waals surface area contributed by atoms with Crippen molar-refractivity contribution in [3.63, 3.8) is 0 Å². The van der Waals surface area contributed by atoms with E-state index in [0.717, 1.165) is 18.2 Å². The molecule has 4 aromatic rings. The van der Waals surface area contributed by atoms with E-state index in [-0.39, 0.29) is 17.3 Å². The van der Waals surface area contributed by atoms with E-state index >= 15 is 0 Å². The van der Waals surface area contributed by atoms with Gasteiger partial charge in [-0.25, -0.2) is 13.6 Å². The summed E-state index contributed by atoms with van der Waals surface area (Å²) in [5.41, 5.74) is 2.41. The molecule has 1 saturated heterocycles. The molecular weight excluding hydrogens is 468 g/mol. The van der Waals surface area contributed by atoms with Crippen LogP contribution in [0.5, 0.6) is 5.88 Å². The van der Waals surface area contributed by atoms with Gasteiger partial charge in [-0.05, 0) is 44.2 Å². The molecule has 1 aliphatic rings. The predicted octanol–water partition coefficient (Wildman–Crippen LogP) is 3.73. The Balaban J connectivity index is 1.53. The summed E-state index contributed by atoms with van der Waals surface area (Å²) in [5.74, 6) is 0.478. The van der Waals surface area contributed by atoms with Crippen LogP contribution in [0.25, 0.3) is 27.7 Å². The molecule has 3 aromatic heterocycles. The third-order valence-corrected chi connectivity index (χ3v) is 6.35. The number of piperidine rings is 1. The van der Waals surface area contributed by atoms with E-state index in [4.69, 9.17) is 4.74 Å². The molecule has 4 heterocycles. The number of rotatable bonds is 5. The molecule has 186 valence electrons. The fourth-order valence-corrected chi connectivity index (χ4v) is 4.34. The van der Waals surface area contributed by atoms with Crippen LogP contribution in [0, 0.1) is 0 Å². The number of ether oxygens (including phenoxy) is 1. The molecule has 0 radical (unpaired) electrons. The molecule has 0 spiro atoms. The Bertz CT molecular complexity index is 1370. The van der Waals surface area contributed by atoms with Crippen LogP contribution < -0.4 is 10.1 Å². The Kier molecular flexibility index (Phi) is 5.74. The largest absolute Gasteiger partial charge is 0.479 e. The highest BCUT2D eigenvalue weighted by molar-refractivity contribution is 5.89. The zero-order valence-corrected chi connectivity index (χ0v) is 19.3. The standard InChI is InChI=1S/C22H24F4N8O/c1-12(22(24,25)26)34-18-10-13(4-5-17(18)29-31-34)14-6-9-33-19(14)20(35-3)28-21(30-33)27-16-7-8-32(2)11-15(16)23/h4-6,9-10,12,15-16H,7-8,11H2,1-3H3,(H,27,30)/t12-,15-,16+/m0/s1. The number of benzene rings is 1. The molecule has 35 heavy (non-hydrogen) atoms. The van der Waals surface area contributed by atoms with Gasteiger partial charge in [-0.2, -0.15) is 18.2 Å². The fourth-order valence-electron chi connectivity index (χ4n) is 4.34. The van der Waals surface area contributed by atoms with E-state index < -0.39 is 24.4 Å². The highest BCUT2D eigenvalue weighted by atomic mass is 19.4. The first-order chi connectivity index (χ1) is 16.7. The highest BCUT2D eigenvalue weighted by Crippen LogP contribution is 2.35. The second kappa shape index (κ2) is 8.63. The zero-order valence-electron chi connectivity index (χ0n) is 19.3. The van der Waals surface area contributed by atoms with Crippen molar-refractivity contribution in [2.45, 2.75) is 37.8 Å². The van der Waals surface area contributed by atoms with Crippen molar-refractivity contribution in [1.82, 2.24) is 34.5 Å². The van der Waals surface area contributed by atoms with E-state index in [1.807, 2.05) is 11.9 Å². The van der Waals surface area contributed by atoms with E-state index in [1.54, 1.807) is 35.0 Å². The molecule has 1 fully saturated rings. The maximum Gasteiger partial charge on any atom is 0.410 e. The quantitative estimate of drug-likeness (QED) is 0.425. The van der Waals surface area contributed by atoms with Crippen LogP contribution in [-0.2, 0) is 0 Å². The lowest BCUT2D eigenvalue weighted by atomic mass is 10.0. The number of anilines is 1. The maximum absolute atomic E-state index is 14.5. The van der Waals surface area contributed by atoms with E-state index in [2.05, 4.69) is 25.7 Å². The van der Waals surface area contributed by atoms with Gasteiger partial charge in [-0.15, -0.1) is 10.2 Å². The average Bonchev–Trinajstić information content (AvgIpc) is 3.43. The Morgan fingerprint density at radius 3 is 2.74 bits per heavy atom. The molecule has 3 atom stereocenters. The van der Waals surface area contributed by atoms with Crippen molar-refractivity contribution in [3.05, 3.63) is 30.5 Å². The second-order valence-electron chi connectivity index (χ2n) is 8.74. The van der Waals surface area contributed by atoms with Gasteiger partial charge in [0, 0.05) is 24.8 Å². The summed E-state index contributed by atoms with van der Waals surface area (Å²) >= 11 is 0. The topological polar surface area (TPSA) is 85.4 Å². The Hall–Kier alpha value is -3.48. The number of nitrogens with one attached hydrogen (secondary N) is 1. The third kappa shape index (κ3) is 4.24. The lowest BCUT2D eigenvalue weighted by Gasteiger charge is -2.32. The summed E-state index contributed by atoms with van der Waals surface area (Å²) in [5, 5.41) is 15.1. The first kappa shape index (κ1) is 23.3. The average molecular weight is 492 g/mol. The summed E-state index contributed by atoms with van der Waals surface area (Å²) in [6.07, 6.45) is -3.23. The Morgan fingerprint density at radius 2 is 2.03 bits per heavy atom. The normalized spacial score (nSPS) is 20.4. The number of likely N-dealkylation sites (tertiary alicyclic amines) is 1. The highest BCUT2D eigenvalue weighted by Gasteiger charge is 2.39. The summed E-state index contributed by atoms with van der Waals surface area (Å²) < 4.78 is 62.4. The fraction of sp³-hybridized carbons (Fsp3) is 0.455. The number of halogens is 4. The Labute approximate surface area is 197 Å². The number of hydrogen-bond acceptors (Lipinski definition) is 7. The maximum atomic E-state index is 14.5. The molecule has 13 heteroatoms. The smallest absolute Gasteiger partial charge is 0.410 e. The van der Waals surface area contributed by atoms with Crippen molar-refractivity contribution < 1.29 is 22.3 Å². The molecule has 0 bridgehead atoms. The van der Waals surface area contributed by atoms with Gasteiger partial charge in [-0.1, -0.05) is 11.3 Å². The lowest BCUT2D eigenvalue weighted by Crippen LogP contribution is -2.46. The SMILES string of the molecule is COc1nc(N[C@@H]2CCN(C)C[C@@H]2F)nn2ccc(-c3ccc4nnn([C@@H](C)C(F)(F)F)c4c3)c12. The van der Waals surface area contributed by atoms with E-state index in [1.165, 1.54) is 7.11 Å². The second-order valence-corrected chi connectivity index (χ2v) is 8.74. The molecule has 0 amide bonds. The van der Waals surface area contributed by atoms with Crippen molar-refractivity contribution in [1.29, 1.82) is 0 Å². The first-order valence-corrected chi connectivity index (χ1v) is 11.1. The van der Waals surface area contributed by atoms with E-state index in [0.29, 0.717) is 35.1 Å². The lowest BCUT2D eigenvalue weighted by molar-refractivity contribution is -0.164. The van der Waals surface area contributed by atoms with Crippen molar-refractivity contribution >= 4 is 22.5 Å². The van der Waals surface area contributed by atoms with Gasteiger partial charge in [0.25, 0.3) is 0 Å². The van der Waals surface area contributed by atoms with Gasteiger partial charge in [0.2, 0.25) is 11.8 Å². The predicted molar refractivity (Wildman–Crippen MR) is 121 cm³/mol. The Morgan fingerprint density at radius 1 is 1.23 bits per heavy atom. The number of aromatic nitrogens is 6. The van der Waals surface area contributed by atoms with Crippen LogP contribution in [-0.4, -0.2) is 80.1 Å². The van der Waals surface area contributed by atoms with Crippen LogP contribution in [0.15, 0.2) is 30.5 Å². The molecule has 0 unspecified atom stereocenters. The summed E-state index contributed by atoms with van der Waals surface area (Å²) in [7, 11) is 3.34. The van der Waals surface area contributed by atoms with Gasteiger partial charge in [0.15, 0.2) is 0 Å². The number of alkyl halides is 4. The summed E-state index contributed by atoms with van der Waals surface area (Å²) in [6.45, 7) is 2.11. The van der Waals surface area contributed by atoms with Crippen LogP contribution in [0.3, 0.4) is 0 Å². The monoisotopic (exact) mass is 492 g/mol. The van der Waals surface area contributed by atoms with Crippen LogP contribution in [0.4, 0.5) is 23.5 Å². The number of hydrogen-bond donors (Lipinski definition) is 1. The molecule has 5 rings (SSSR count). The van der Waals surface area contributed by atoms with Gasteiger partial charge < -0.3 is 15.0 Å². The van der Waals surface area contributed by atoms with Gasteiger partial charge in [0.1, 0.15) is 23.2 Å². The van der Waals surface area contributed by atoms with Crippen LogP contribution in [0.1, 0.15) is 19.4 Å². The molecule has 0 saturated carbocycles. The third-order valence-electron chi connectivity index (χ3n) is 6.35. The first-order valence-electron chi connectivity index (χ1n) is 11.1. The van der Waals surface area contributed by atoms with Crippen molar-refractivity contribution in [2.75, 3.05) is 32.6 Å². The minimum Gasteiger partial charge on any atom is -0.479 e. The van der Waals surface area contributed by atoms with Gasteiger partial charge in [-0.3, -0.25) is 0 Å². The number of nitrogens with zero attached hydrogens (tertiary/aromatic N) is 7. The molecule has 1 aromatic carbocycles. The summed E-state index contributed by atoms with van der Waals surface area (Å²) in [4.78, 5) is 6.36. The van der Waals surface area contributed by atoms with Crippen LogP contribution >= 0.6 is 0 Å². The van der Waals surface area contributed by atoms with Gasteiger partial charge >= 0.3 is 6.18 Å². The van der Waals surface area contributed by atoms with Gasteiger partial charge in [0.05, 0.1) is 18.7 Å².